The first kappa shape index (κ1) is 15.4. The number of carbonyl (C=O) groups excluding carboxylic acids is 1. The lowest BCUT2D eigenvalue weighted by atomic mass is 10.3. The number of thiocarbonyl (C=S) groups is 1. The fraction of sp³-hybridized carbons (Fsp3) is 0. The van der Waals surface area contributed by atoms with Gasteiger partial charge in [0.15, 0.2) is 5.11 Å². The molecule has 3 N–H and O–H groups in total. The summed E-state index contributed by atoms with van der Waals surface area (Å²) in [6.45, 7) is 0. The average molecular weight is 390 g/mol. The Morgan fingerprint density at radius 3 is 2.83 bits per heavy atom. The molecule has 6 nitrogen and oxygen atoms in total. The SMILES string of the molecule is O=C(NNC(=S)Nc1cccc(Br)c1)c1cn2ccccc2n1. The van der Waals surface area contributed by atoms with Crippen molar-refractivity contribution in [2.24, 2.45) is 0 Å². The lowest BCUT2D eigenvalue weighted by Gasteiger charge is -2.10. The number of hydrazine groups is 1. The summed E-state index contributed by atoms with van der Waals surface area (Å²) in [6, 6.07) is 13.1. The molecule has 8 heteroatoms. The molecule has 3 rings (SSSR count). The summed E-state index contributed by atoms with van der Waals surface area (Å²) >= 11 is 8.51. The number of benzene rings is 1. The minimum Gasteiger partial charge on any atom is -0.331 e. The van der Waals surface area contributed by atoms with Crippen molar-refractivity contribution in [3.8, 4) is 0 Å². The fourth-order valence-corrected chi connectivity index (χ4v) is 2.52. The van der Waals surface area contributed by atoms with E-state index in [4.69, 9.17) is 12.2 Å². The third kappa shape index (κ3) is 3.85. The Morgan fingerprint density at radius 2 is 2.04 bits per heavy atom. The lowest BCUT2D eigenvalue weighted by Crippen LogP contribution is -2.43. The number of anilines is 1. The Labute approximate surface area is 146 Å². The fourth-order valence-electron chi connectivity index (χ4n) is 1.95. The van der Waals surface area contributed by atoms with Crippen LogP contribution in [0.4, 0.5) is 5.69 Å². The van der Waals surface area contributed by atoms with Gasteiger partial charge in [-0.25, -0.2) is 4.98 Å². The maximum atomic E-state index is 12.1. The molecule has 0 atom stereocenters. The highest BCUT2D eigenvalue weighted by Gasteiger charge is 2.10. The highest BCUT2D eigenvalue weighted by molar-refractivity contribution is 9.10. The number of nitrogens with zero attached hydrogens (tertiary/aromatic N) is 2. The van der Waals surface area contributed by atoms with Crippen LogP contribution in [0.25, 0.3) is 5.65 Å². The number of amides is 1. The predicted molar refractivity (Wildman–Crippen MR) is 96.2 cm³/mol. The van der Waals surface area contributed by atoms with E-state index in [2.05, 4.69) is 37.1 Å². The smallest absolute Gasteiger partial charge is 0.289 e. The Hall–Kier alpha value is -2.45. The van der Waals surface area contributed by atoms with Gasteiger partial charge in [-0.05, 0) is 42.5 Å². The van der Waals surface area contributed by atoms with Crippen LogP contribution in [0.3, 0.4) is 0 Å². The molecule has 0 aliphatic rings. The summed E-state index contributed by atoms with van der Waals surface area (Å²) in [6.07, 6.45) is 3.48. The molecule has 2 heterocycles. The van der Waals surface area contributed by atoms with Crippen molar-refractivity contribution < 1.29 is 4.79 Å². The standard InChI is InChI=1S/C15H12BrN5OS/c16-10-4-3-5-11(8-10)17-15(23)20-19-14(22)12-9-21-7-2-1-6-13(21)18-12/h1-9H,(H,19,22)(H2,17,20,23). The lowest BCUT2D eigenvalue weighted by molar-refractivity contribution is 0.0940. The van der Waals surface area contributed by atoms with Crippen molar-refractivity contribution in [1.29, 1.82) is 0 Å². The van der Waals surface area contributed by atoms with Crippen LogP contribution in [-0.4, -0.2) is 20.4 Å². The van der Waals surface area contributed by atoms with Crippen LogP contribution in [-0.2, 0) is 0 Å². The number of nitrogens with one attached hydrogen (secondary N) is 3. The van der Waals surface area contributed by atoms with Gasteiger partial charge in [0, 0.05) is 22.6 Å². The molecule has 0 aliphatic carbocycles. The molecule has 0 spiro atoms. The van der Waals surface area contributed by atoms with E-state index in [9.17, 15) is 4.79 Å². The summed E-state index contributed by atoms with van der Waals surface area (Å²) < 4.78 is 2.70. The second-order valence-electron chi connectivity index (χ2n) is 4.64. The second-order valence-corrected chi connectivity index (χ2v) is 5.96. The van der Waals surface area contributed by atoms with Gasteiger partial charge in [0.1, 0.15) is 11.3 Å². The number of pyridine rings is 1. The molecule has 2 aromatic heterocycles. The van der Waals surface area contributed by atoms with Gasteiger partial charge in [-0.2, -0.15) is 0 Å². The molecule has 0 saturated carbocycles. The molecule has 0 radical (unpaired) electrons. The number of aromatic nitrogens is 2. The molecule has 3 aromatic rings. The second kappa shape index (κ2) is 6.76. The van der Waals surface area contributed by atoms with Gasteiger partial charge in [0.2, 0.25) is 0 Å². The van der Waals surface area contributed by atoms with Crippen LogP contribution in [0, 0.1) is 0 Å². The van der Waals surface area contributed by atoms with E-state index in [0.717, 1.165) is 10.2 Å². The van der Waals surface area contributed by atoms with Gasteiger partial charge in [0.25, 0.3) is 5.91 Å². The van der Waals surface area contributed by atoms with E-state index in [1.807, 2.05) is 48.7 Å². The van der Waals surface area contributed by atoms with Crippen molar-refractivity contribution in [2.75, 3.05) is 5.32 Å². The first-order valence-electron chi connectivity index (χ1n) is 6.68. The van der Waals surface area contributed by atoms with Gasteiger partial charge in [-0.15, -0.1) is 0 Å². The van der Waals surface area contributed by atoms with Crippen LogP contribution in [0.15, 0.2) is 59.3 Å². The minimum atomic E-state index is -0.368. The molecule has 0 aliphatic heterocycles. The Bertz CT molecular complexity index is 846. The van der Waals surface area contributed by atoms with E-state index in [0.29, 0.717) is 11.3 Å². The molecule has 23 heavy (non-hydrogen) atoms. The zero-order chi connectivity index (χ0) is 16.2. The van der Waals surface area contributed by atoms with Crippen LogP contribution >= 0.6 is 28.1 Å². The third-order valence-corrected chi connectivity index (χ3v) is 3.67. The summed E-state index contributed by atoms with van der Waals surface area (Å²) in [7, 11) is 0. The number of rotatable bonds is 2. The van der Waals surface area contributed by atoms with Crippen molar-refractivity contribution >= 4 is 50.5 Å². The topological polar surface area (TPSA) is 70.5 Å². The number of imidazole rings is 1. The van der Waals surface area contributed by atoms with E-state index in [1.54, 1.807) is 10.6 Å². The quantitative estimate of drug-likeness (QED) is 0.464. The van der Waals surface area contributed by atoms with Gasteiger partial charge in [-0.3, -0.25) is 15.6 Å². The molecule has 1 amide bonds. The molecule has 0 fully saturated rings. The normalized spacial score (nSPS) is 10.3. The number of fused-ring (bicyclic) bond motifs is 1. The highest BCUT2D eigenvalue weighted by Crippen LogP contribution is 2.15. The molecule has 0 saturated heterocycles. The number of hydrogen-bond donors (Lipinski definition) is 3. The van der Waals surface area contributed by atoms with E-state index >= 15 is 0 Å². The molecule has 0 bridgehead atoms. The Morgan fingerprint density at radius 1 is 1.17 bits per heavy atom. The summed E-state index contributed by atoms with van der Waals surface area (Å²) in [5, 5.41) is 3.24. The first-order chi connectivity index (χ1) is 11.1. The van der Waals surface area contributed by atoms with Crippen molar-refractivity contribution in [2.45, 2.75) is 0 Å². The molecule has 116 valence electrons. The summed E-state index contributed by atoms with van der Waals surface area (Å²) in [5.74, 6) is -0.368. The van der Waals surface area contributed by atoms with Crippen LogP contribution in [0.1, 0.15) is 10.5 Å². The highest BCUT2D eigenvalue weighted by atomic mass is 79.9. The van der Waals surface area contributed by atoms with Crippen LogP contribution in [0.2, 0.25) is 0 Å². The largest absolute Gasteiger partial charge is 0.331 e. The predicted octanol–water partition coefficient (Wildman–Crippen LogP) is 2.73. The number of halogens is 1. The minimum absolute atomic E-state index is 0.278. The maximum absolute atomic E-state index is 12.1. The molecule has 0 unspecified atom stereocenters. The third-order valence-electron chi connectivity index (χ3n) is 2.97. The van der Waals surface area contributed by atoms with Crippen LogP contribution < -0.4 is 16.2 Å². The Kier molecular flexibility index (Phi) is 4.54. The van der Waals surface area contributed by atoms with E-state index < -0.39 is 0 Å². The van der Waals surface area contributed by atoms with Gasteiger partial charge >= 0.3 is 0 Å². The van der Waals surface area contributed by atoms with Crippen molar-refractivity contribution in [1.82, 2.24) is 20.2 Å². The Balaban J connectivity index is 1.59. The van der Waals surface area contributed by atoms with Crippen molar-refractivity contribution in [3.05, 3.63) is 65.0 Å². The zero-order valence-electron chi connectivity index (χ0n) is 11.8. The summed E-state index contributed by atoms with van der Waals surface area (Å²) in [5.41, 5.74) is 6.97. The zero-order valence-corrected chi connectivity index (χ0v) is 14.2. The molecular weight excluding hydrogens is 378 g/mol. The summed E-state index contributed by atoms with van der Waals surface area (Å²) in [4.78, 5) is 16.3. The van der Waals surface area contributed by atoms with Gasteiger partial charge < -0.3 is 9.72 Å². The average Bonchev–Trinajstić information content (AvgIpc) is 2.97. The monoisotopic (exact) mass is 389 g/mol. The van der Waals surface area contributed by atoms with Gasteiger partial charge in [-0.1, -0.05) is 28.1 Å². The van der Waals surface area contributed by atoms with E-state index in [1.165, 1.54) is 0 Å². The van der Waals surface area contributed by atoms with E-state index in [-0.39, 0.29) is 11.0 Å². The number of hydrogen-bond acceptors (Lipinski definition) is 3. The first-order valence-corrected chi connectivity index (χ1v) is 7.88. The molecule has 1 aromatic carbocycles. The van der Waals surface area contributed by atoms with Gasteiger partial charge in [0.05, 0.1) is 0 Å². The maximum Gasteiger partial charge on any atom is 0.289 e. The number of carbonyl (C=O) groups is 1. The van der Waals surface area contributed by atoms with Crippen LogP contribution in [0.5, 0.6) is 0 Å². The van der Waals surface area contributed by atoms with Crippen molar-refractivity contribution in [3.63, 3.8) is 0 Å². The molecular formula is C15H12BrN5OS.